The molecule has 1 aromatic heterocycles. The van der Waals surface area contributed by atoms with Gasteiger partial charge in [-0.05, 0) is 44.5 Å². The normalized spacial score (nSPS) is 12.2. The van der Waals surface area contributed by atoms with Crippen LogP contribution in [0, 0.1) is 13.8 Å². The van der Waals surface area contributed by atoms with E-state index in [1.54, 1.807) is 17.8 Å². The Hall–Kier alpha value is -1.68. The van der Waals surface area contributed by atoms with Crippen LogP contribution in [0.25, 0.3) is 0 Å². The number of hydrogen-bond donors (Lipinski definition) is 0. The molecule has 0 amide bonds. The molecule has 0 N–H and O–H groups in total. The van der Waals surface area contributed by atoms with E-state index in [2.05, 4.69) is 43.7 Å². The molecule has 0 aliphatic carbocycles. The first-order valence-corrected chi connectivity index (χ1v) is 7.31. The minimum absolute atomic E-state index is 0.133. The second-order valence-corrected chi connectivity index (χ2v) is 6.11. The first kappa shape index (κ1) is 14.7. The van der Waals surface area contributed by atoms with Crippen molar-refractivity contribution in [2.24, 2.45) is 0 Å². The van der Waals surface area contributed by atoms with Crippen LogP contribution in [-0.4, -0.2) is 13.1 Å². The molecule has 4 heteroatoms. The van der Waals surface area contributed by atoms with E-state index in [1.807, 2.05) is 6.07 Å². The zero-order valence-corrected chi connectivity index (χ0v) is 12.9. The zero-order chi connectivity index (χ0) is 14.7. The largest absolute Gasteiger partial charge is 0.463 e. The van der Waals surface area contributed by atoms with Crippen molar-refractivity contribution < 1.29 is 13.9 Å². The molecule has 1 heterocycles. The molecular formula is C16H18O3S. The third-order valence-corrected chi connectivity index (χ3v) is 4.34. The molecule has 2 aromatic rings. The molecule has 2 rings (SSSR count). The number of hydrogen-bond acceptors (Lipinski definition) is 4. The highest BCUT2D eigenvalue weighted by Crippen LogP contribution is 2.37. The number of carbonyl (C=O) groups excluding carboxylic acids is 1. The van der Waals surface area contributed by atoms with Crippen LogP contribution in [0.2, 0.25) is 0 Å². The van der Waals surface area contributed by atoms with Gasteiger partial charge in [0.1, 0.15) is 5.76 Å². The minimum atomic E-state index is -0.444. The third-order valence-electron chi connectivity index (χ3n) is 3.06. The summed E-state index contributed by atoms with van der Waals surface area (Å²) < 4.78 is 10.2. The Kier molecular flexibility index (Phi) is 4.55. The molecule has 106 valence electrons. The van der Waals surface area contributed by atoms with Crippen molar-refractivity contribution in [3.05, 3.63) is 53.0 Å². The second kappa shape index (κ2) is 6.18. The molecule has 20 heavy (non-hydrogen) atoms. The Morgan fingerprint density at radius 2 is 2.00 bits per heavy atom. The van der Waals surface area contributed by atoms with Crippen LogP contribution in [0.3, 0.4) is 0 Å². The van der Waals surface area contributed by atoms with Crippen LogP contribution >= 0.6 is 11.8 Å². The predicted molar refractivity (Wildman–Crippen MR) is 80.2 cm³/mol. The van der Waals surface area contributed by atoms with Crippen molar-refractivity contribution in [2.75, 3.05) is 7.11 Å². The molecule has 0 saturated heterocycles. The van der Waals surface area contributed by atoms with Crippen LogP contribution in [-0.2, 0) is 4.74 Å². The maximum Gasteiger partial charge on any atom is 0.373 e. The first-order chi connectivity index (χ1) is 9.51. The number of benzene rings is 1. The fraction of sp³-hybridized carbons (Fsp3) is 0.312. The Labute approximate surface area is 123 Å². The highest BCUT2D eigenvalue weighted by Gasteiger charge is 2.16. The maximum absolute atomic E-state index is 11.4. The highest BCUT2D eigenvalue weighted by atomic mass is 32.2. The lowest BCUT2D eigenvalue weighted by molar-refractivity contribution is 0.0563. The monoisotopic (exact) mass is 290 g/mol. The molecule has 0 saturated carbocycles. The average molecular weight is 290 g/mol. The fourth-order valence-corrected chi connectivity index (χ4v) is 3.00. The number of methoxy groups -OCH3 is 1. The summed E-state index contributed by atoms with van der Waals surface area (Å²) in [5, 5.41) is 0.133. The highest BCUT2D eigenvalue weighted by molar-refractivity contribution is 7.99. The number of rotatable bonds is 4. The Morgan fingerprint density at radius 1 is 1.25 bits per heavy atom. The van der Waals surface area contributed by atoms with E-state index in [4.69, 9.17) is 4.42 Å². The quantitative estimate of drug-likeness (QED) is 0.612. The van der Waals surface area contributed by atoms with E-state index in [0.717, 1.165) is 5.76 Å². The van der Waals surface area contributed by atoms with Gasteiger partial charge < -0.3 is 9.15 Å². The van der Waals surface area contributed by atoms with E-state index in [9.17, 15) is 4.79 Å². The topological polar surface area (TPSA) is 39.4 Å². The number of aryl methyl sites for hydroxylation is 2. The van der Waals surface area contributed by atoms with Crippen LogP contribution in [0.4, 0.5) is 0 Å². The van der Waals surface area contributed by atoms with Gasteiger partial charge in [-0.2, -0.15) is 0 Å². The number of furan rings is 1. The van der Waals surface area contributed by atoms with Crippen molar-refractivity contribution in [1.29, 1.82) is 0 Å². The molecule has 1 aromatic carbocycles. The molecule has 0 fully saturated rings. The van der Waals surface area contributed by atoms with E-state index in [0.29, 0.717) is 0 Å². The number of esters is 1. The van der Waals surface area contributed by atoms with Crippen LogP contribution in [0.1, 0.15) is 39.6 Å². The lowest BCUT2D eigenvalue weighted by Crippen LogP contribution is -1.98. The van der Waals surface area contributed by atoms with Gasteiger partial charge in [0.25, 0.3) is 0 Å². The smallest absolute Gasteiger partial charge is 0.373 e. The van der Waals surface area contributed by atoms with Gasteiger partial charge in [0.05, 0.1) is 12.4 Å². The van der Waals surface area contributed by atoms with Gasteiger partial charge in [-0.15, -0.1) is 11.8 Å². The molecule has 0 spiro atoms. The Balaban J connectivity index is 2.15. The lowest BCUT2D eigenvalue weighted by atomic mass is 10.2. The molecular weight excluding hydrogens is 272 g/mol. The number of carbonyl (C=O) groups is 1. The Bertz CT molecular complexity index is 616. The van der Waals surface area contributed by atoms with Gasteiger partial charge in [0.15, 0.2) is 0 Å². The van der Waals surface area contributed by atoms with Crippen molar-refractivity contribution >= 4 is 17.7 Å². The SMILES string of the molecule is COC(=O)c1ccc(C(C)Sc2cc(C)ccc2C)o1. The molecule has 0 bridgehead atoms. The van der Waals surface area contributed by atoms with Gasteiger partial charge in [0.2, 0.25) is 5.76 Å². The summed E-state index contributed by atoms with van der Waals surface area (Å²) >= 11 is 1.72. The number of ether oxygens (including phenoxy) is 1. The summed E-state index contributed by atoms with van der Waals surface area (Å²) in [5.41, 5.74) is 2.48. The van der Waals surface area contributed by atoms with E-state index >= 15 is 0 Å². The fourth-order valence-electron chi connectivity index (χ4n) is 1.86. The molecule has 0 aliphatic rings. The first-order valence-electron chi connectivity index (χ1n) is 6.43. The van der Waals surface area contributed by atoms with Crippen molar-refractivity contribution in [1.82, 2.24) is 0 Å². The van der Waals surface area contributed by atoms with E-state index < -0.39 is 5.97 Å². The summed E-state index contributed by atoms with van der Waals surface area (Å²) in [6.07, 6.45) is 0. The average Bonchev–Trinajstić information content (AvgIpc) is 2.91. The lowest BCUT2D eigenvalue weighted by Gasteiger charge is -2.11. The summed E-state index contributed by atoms with van der Waals surface area (Å²) in [6, 6.07) is 9.87. The zero-order valence-electron chi connectivity index (χ0n) is 12.1. The standard InChI is InChI=1S/C16H18O3S/c1-10-5-6-11(2)15(9-10)20-12(3)13-7-8-14(19-13)16(17)18-4/h5-9,12H,1-4H3. The van der Waals surface area contributed by atoms with Gasteiger partial charge in [-0.3, -0.25) is 0 Å². The van der Waals surface area contributed by atoms with Crippen LogP contribution < -0.4 is 0 Å². The van der Waals surface area contributed by atoms with E-state index in [-0.39, 0.29) is 11.0 Å². The summed E-state index contributed by atoms with van der Waals surface area (Å²) in [7, 11) is 1.35. The molecule has 1 atom stereocenters. The second-order valence-electron chi connectivity index (χ2n) is 4.72. The maximum atomic E-state index is 11.4. The summed E-state index contributed by atoms with van der Waals surface area (Å²) in [5.74, 6) is 0.576. The van der Waals surface area contributed by atoms with Gasteiger partial charge in [-0.1, -0.05) is 17.7 Å². The Morgan fingerprint density at radius 3 is 2.70 bits per heavy atom. The number of thioether (sulfide) groups is 1. The van der Waals surface area contributed by atoms with Gasteiger partial charge in [0, 0.05) is 4.90 Å². The summed E-state index contributed by atoms with van der Waals surface area (Å²) in [6.45, 7) is 6.24. The van der Waals surface area contributed by atoms with Crippen molar-refractivity contribution in [3.8, 4) is 0 Å². The van der Waals surface area contributed by atoms with Crippen molar-refractivity contribution in [2.45, 2.75) is 30.9 Å². The van der Waals surface area contributed by atoms with Crippen LogP contribution in [0.15, 0.2) is 39.6 Å². The molecule has 0 aliphatic heterocycles. The van der Waals surface area contributed by atoms with Gasteiger partial charge >= 0.3 is 5.97 Å². The molecule has 0 radical (unpaired) electrons. The van der Waals surface area contributed by atoms with E-state index in [1.165, 1.54) is 23.1 Å². The summed E-state index contributed by atoms with van der Waals surface area (Å²) in [4.78, 5) is 12.6. The van der Waals surface area contributed by atoms with Crippen molar-refractivity contribution in [3.63, 3.8) is 0 Å². The molecule has 1 unspecified atom stereocenters. The third kappa shape index (κ3) is 3.25. The van der Waals surface area contributed by atoms with Gasteiger partial charge in [-0.25, -0.2) is 4.79 Å². The minimum Gasteiger partial charge on any atom is -0.463 e. The predicted octanol–water partition coefficient (Wildman–Crippen LogP) is 4.54. The van der Waals surface area contributed by atoms with Crippen LogP contribution in [0.5, 0.6) is 0 Å². The molecule has 3 nitrogen and oxygen atoms in total.